The van der Waals surface area contributed by atoms with Crippen LogP contribution in [0.3, 0.4) is 0 Å². The molecule has 0 amide bonds. The number of hydrogen-bond donors (Lipinski definition) is 11. The van der Waals surface area contributed by atoms with E-state index in [9.17, 15) is 64.0 Å². The van der Waals surface area contributed by atoms with E-state index in [1.165, 1.54) is 21.3 Å². The summed E-state index contributed by atoms with van der Waals surface area (Å²) in [5.41, 5.74) is 0. The molecule has 0 spiro atoms. The van der Waals surface area contributed by atoms with Gasteiger partial charge < -0.3 is 132 Å². The van der Waals surface area contributed by atoms with Crippen LogP contribution in [-0.2, 0) is 95.1 Å². The molecule has 9 heterocycles. The number of methoxy groups -OCH3 is 3. The summed E-state index contributed by atoms with van der Waals surface area (Å²) >= 11 is 0. The van der Waals surface area contributed by atoms with Crippen LogP contribution in [0.15, 0.2) is 0 Å². The summed E-state index contributed by atoms with van der Waals surface area (Å²) in [5.74, 6) is 0. The Labute approximate surface area is 403 Å². The molecule has 32 heteroatoms. The normalized spacial score (nSPS) is 53.0. The fourth-order valence-electron chi connectivity index (χ4n) is 10.5. The topological polar surface area (TPSA) is 423 Å². The van der Waals surface area contributed by atoms with E-state index in [0.717, 1.165) is 0 Å². The molecule has 71 heavy (non-hydrogen) atoms. The molecule has 30 atom stereocenters. The maximum Gasteiger partial charge on any atom is 0.397 e. The summed E-state index contributed by atoms with van der Waals surface area (Å²) < 4.78 is 139. The van der Waals surface area contributed by atoms with E-state index in [1.54, 1.807) is 0 Å². The highest BCUT2D eigenvalue weighted by Gasteiger charge is 2.62. The molecule has 0 aromatic carbocycles. The van der Waals surface area contributed by atoms with Crippen molar-refractivity contribution in [2.45, 2.75) is 184 Å². The van der Waals surface area contributed by atoms with Crippen molar-refractivity contribution in [3.8, 4) is 0 Å². The Balaban J connectivity index is 0.894. The summed E-state index contributed by atoms with van der Waals surface area (Å²) in [6.45, 7) is -2.82. The van der Waals surface area contributed by atoms with Crippen molar-refractivity contribution in [1.29, 1.82) is 0 Å². The third-order valence-electron chi connectivity index (χ3n) is 14.1. The molecule has 9 fully saturated rings. The smallest absolute Gasteiger partial charge is 0.394 e. The minimum atomic E-state index is -5.35. The second-order valence-corrected chi connectivity index (χ2v) is 19.3. The number of aliphatic hydroxyl groups excluding tert-OH is 10. The van der Waals surface area contributed by atoms with E-state index in [1.807, 2.05) is 0 Å². The molecule has 9 saturated heterocycles. The molecular formula is C39H62O31S. The van der Waals surface area contributed by atoms with Gasteiger partial charge in [-0.3, -0.25) is 4.55 Å². The number of hydrogen-bond acceptors (Lipinski definition) is 30. The van der Waals surface area contributed by atoms with Crippen LogP contribution in [-0.4, -0.2) is 309 Å². The highest BCUT2D eigenvalue weighted by molar-refractivity contribution is 7.80. The Bertz CT molecular complexity index is 1860. The minimum absolute atomic E-state index is 0.0302. The van der Waals surface area contributed by atoms with Crippen molar-refractivity contribution in [2.24, 2.45) is 0 Å². The quantitative estimate of drug-likeness (QED) is 0.0568. The van der Waals surface area contributed by atoms with Crippen molar-refractivity contribution in [1.82, 2.24) is 0 Å². The lowest BCUT2D eigenvalue weighted by Gasteiger charge is -2.49. The predicted molar refractivity (Wildman–Crippen MR) is 214 cm³/mol. The van der Waals surface area contributed by atoms with E-state index < -0.39 is 214 Å². The third-order valence-corrected chi connectivity index (χ3v) is 14.6. The number of aliphatic hydroxyl groups is 10. The monoisotopic (exact) mass is 1060 g/mol. The maximum absolute atomic E-state index is 12.2. The third kappa shape index (κ3) is 10.5. The lowest BCUT2D eigenvalue weighted by molar-refractivity contribution is -0.381. The number of ether oxygens (including phenoxy) is 17. The fraction of sp³-hybridized carbons (Fsp3) is 1.00. The van der Waals surface area contributed by atoms with Gasteiger partial charge in [-0.05, 0) is 0 Å². The Kier molecular flexibility index (Phi) is 17.2. The summed E-state index contributed by atoms with van der Waals surface area (Å²) in [4.78, 5) is 0. The van der Waals surface area contributed by atoms with E-state index in [2.05, 4.69) is 0 Å². The lowest BCUT2D eigenvalue weighted by Crippen LogP contribution is -2.67. The molecule has 0 aromatic heterocycles. The number of fused-ring (bicyclic) bond motifs is 6. The van der Waals surface area contributed by atoms with Crippen molar-refractivity contribution >= 4 is 10.4 Å². The van der Waals surface area contributed by atoms with Gasteiger partial charge in [0.1, 0.15) is 146 Å². The van der Waals surface area contributed by atoms with Gasteiger partial charge in [0.15, 0.2) is 37.7 Å². The van der Waals surface area contributed by atoms with Crippen LogP contribution in [0.25, 0.3) is 0 Å². The molecule has 0 aliphatic carbocycles. The van der Waals surface area contributed by atoms with Gasteiger partial charge in [-0.15, -0.1) is 0 Å². The van der Waals surface area contributed by atoms with Gasteiger partial charge in [0.2, 0.25) is 0 Å². The van der Waals surface area contributed by atoms with Gasteiger partial charge >= 0.3 is 10.4 Å². The van der Waals surface area contributed by atoms with E-state index in [4.69, 9.17) is 84.7 Å². The molecule has 9 aliphatic rings. The summed E-state index contributed by atoms with van der Waals surface area (Å²) in [5, 5.41) is 107. The van der Waals surface area contributed by atoms with Gasteiger partial charge in [0.05, 0.1) is 39.6 Å². The van der Waals surface area contributed by atoms with Gasteiger partial charge in [0.25, 0.3) is 0 Å². The van der Waals surface area contributed by atoms with E-state index in [-0.39, 0.29) is 19.8 Å². The van der Waals surface area contributed by atoms with Gasteiger partial charge in [-0.25, -0.2) is 4.18 Å². The van der Waals surface area contributed by atoms with Crippen LogP contribution in [0.1, 0.15) is 0 Å². The van der Waals surface area contributed by atoms with Crippen LogP contribution in [0.4, 0.5) is 0 Å². The van der Waals surface area contributed by atoms with Crippen molar-refractivity contribution in [3.63, 3.8) is 0 Å². The Morgan fingerprint density at radius 1 is 0.408 bits per heavy atom. The molecule has 0 aromatic rings. The highest BCUT2D eigenvalue weighted by atomic mass is 32.3. The summed E-state index contributed by atoms with van der Waals surface area (Å²) in [6, 6.07) is 0. The Hall–Kier alpha value is -1.21. The molecule has 6 bridgehead atoms. The van der Waals surface area contributed by atoms with Crippen LogP contribution < -0.4 is 0 Å². The van der Waals surface area contributed by atoms with Crippen LogP contribution in [0, 0.1) is 0 Å². The lowest BCUT2D eigenvalue weighted by atomic mass is 9.96. The van der Waals surface area contributed by atoms with Crippen LogP contribution in [0.2, 0.25) is 0 Å². The van der Waals surface area contributed by atoms with Gasteiger partial charge in [-0.1, -0.05) is 0 Å². The molecule has 9 rings (SSSR count). The second kappa shape index (κ2) is 22.4. The maximum atomic E-state index is 12.2. The van der Waals surface area contributed by atoms with Crippen molar-refractivity contribution in [3.05, 3.63) is 0 Å². The zero-order chi connectivity index (χ0) is 50.8. The first-order valence-corrected chi connectivity index (χ1v) is 24.2. The van der Waals surface area contributed by atoms with Gasteiger partial charge in [0, 0.05) is 21.3 Å². The van der Waals surface area contributed by atoms with E-state index >= 15 is 0 Å². The molecule has 1 unspecified atom stereocenters. The predicted octanol–water partition coefficient (Wildman–Crippen LogP) is -9.17. The zero-order valence-electron chi connectivity index (χ0n) is 38.1. The van der Waals surface area contributed by atoms with Crippen molar-refractivity contribution in [2.75, 3.05) is 61.0 Å². The first-order valence-electron chi connectivity index (χ1n) is 22.8. The number of rotatable bonds is 18. The molecule has 0 radical (unpaired) electrons. The minimum Gasteiger partial charge on any atom is -0.394 e. The van der Waals surface area contributed by atoms with E-state index in [0.29, 0.717) is 0 Å². The van der Waals surface area contributed by atoms with Crippen molar-refractivity contribution < 1.29 is 149 Å². The summed E-state index contributed by atoms with van der Waals surface area (Å²) in [7, 11) is -1.54. The average Bonchev–Trinajstić information content (AvgIpc) is 3.88. The highest BCUT2D eigenvalue weighted by Crippen LogP contribution is 2.42. The molecule has 9 aliphatic heterocycles. The zero-order valence-corrected chi connectivity index (χ0v) is 38.9. The Morgan fingerprint density at radius 2 is 0.803 bits per heavy atom. The van der Waals surface area contributed by atoms with Gasteiger partial charge in [-0.2, -0.15) is 8.42 Å². The van der Waals surface area contributed by atoms with Crippen LogP contribution in [0.5, 0.6) is 0 Å². The average molecular weight is 1060 g/mol. The molecule has 410 valence electrons. The first-order chi connectivity index (χ1) is 33.9. The summed E-state index contributed by atoms with van der Waals surface area (Å²) in [6.07, 6.45) is -42.7. The van der Waals surface area contributed by atoms with Crippen LogP contribution >= 0.6 is 0 Å². The second-order valence-electron chi connectivity index (χ2n) is 18.3. The molecule has 0 saturated carbocycles. The standard InChI is InChI=1S/C39H62O31S/c1-53-31-27-18(45)13(7-56-27)62-37(31)68-26-17(44)11(5-41)60-35(20(26)47)65-22-15-9-58-30(22)33(55-3)39(64-15)69-28-21(48)36(61-12(6-42)24(28)70-71(50,51)52)66-23-14-8-57-29(23)32(54-2)38(63-14)67-25-16(43)10(4-40)59-34(49)19(25)46/h10-49H,4-9H2,1-3H3,(H,50,51,52)/t10-,11-,12-,13+,14+,15+,16+,17+,18-,19-,20-,21-,22-,23-,24+,25+,26+,27-,28-,29-,30-,31+,32+,33+,34?,35+,36+,37+,38+,39+/m1/s1. The first kappa shape index (κ1) is 54.6. The Morgan fingerprint density at radius 3 is 1.30 bits per heavy atom. The fourth-order valence-corrected chi connectivity index (χ4v) is 11.1. The molecular weight excluding hydrogens is 996 g/mol. The largest absolute Gasteiger partial charge is 0.397 e. The molecule has 11 N–H and O–H groups in total. The molecule has 31 nitrogen and oxygen atoms in total. The SMILES string of the molecule is CO[C@@H]1[C@H](O[C@@H]2[C@@H](O)[C@H](O[C@H]3[C@H]4OC[C@@H]3O[C@@H](O[C@H]3[C@@H](O)[C@@H](CO)OC(O)[C@@H]3O)[C@H]4OC)O[C@H](CO)[C@@H]2OS(=O)(=O)O)O[C@H]2CO[C@@H]1[C@@H]2O[C@@H]1O[C@H](CO)[C@H](O)[C@H](O[C@@H]2O[C@H]3CO[C@H]([C@@H]3O)[C@@H]2OC)[C@H]1O.